The minimum atomic E-state index is -3.75. The molecule has 0 aromatic heterocycles. The third kappa shape index (κ3) is 3.60. The lowest BCUT2D eigenvalue weighted by atomic mass is 10.2. The summed E-state index contributed by atoms with van der Waals surface area (Å²) in [7, 11) is -3.75. The normalized spacial score (nSPS) is 13.5. The number of hydrogen-bond donors (Lipinski definition) is 1. The summed E-state index contributed by atoms with van der Waals surface area (Å²) in [5.74, 6) is 1.20. The van der Waals surface area contributed by atoms with Gasteiger partial charge >= 0.3 is 0 Å². The van der Waals surface area contributed by atoms with Gasteiger partial charge in [-0.05, 0) is 52.3 Å². The molecule has 2 aromatic rings. The van der Waals surface area contributed by atoms with Crippen LogP contribution in [0.2, 0.25) is 5.02 Å². The van der Waals surface area contributed by atoms with E-state index in [0.29, 0.717) is 26.6 Å². The van der Waals surface area contributed by atoms with Gasteiger partial charge in [0.1, 0.15) is 0 Å². The van der Waals surface area contributed by atoms with Gasteiger partial charge in [0.25, 0.3) is 10.0 Å². The molecular formula is C14H10BrClN2O4S. The van der Waals surface area contributed by atoms with Gasteiger partial charge in [0.2, 0.25) is 6.79 Å². The summed E-state index contributed by atoms with van der Waals surface area (Å²) >= 11 is 9.10. The van der Waals surface area contributed by atoms with Crippen molar-refractivity contribution in [3.8, 4) is 11.5 Å². The molecule has 0 aliphatic carbocycles. The van der Waals surface area contributed by atoms with Crippen LogP contribution in [0.4, 0.5) is 0 Å². The first kappa shape index (κ1) is 16.1. The molecule has 9 heteroatoms. The van der Waals surface area contributed by atoms with Crippen LogP contribution in [0.5, 0.6) is 11.5 Å². The lowest BCUT2D eigenvalue weighted by molar-refractivity contribution is 0.174. The van der Waals surface area contributed by atoms with Crippen LogP contribution >= 0.6 is 27.5 Å². The van der Waals surface area contributed by atoms with Crippen LogP contribution in [0.25, 0.3) is 0 Å². The number of sulfonamides is 1. The fourth-order valence-corrected chi connectivity index (χ4v) is 3.21. The van der Waals surface area contributed by atoms with E-state index in [-0.39, 0.29) is 11.7 Å². The first-order valence-electron chi connectivity index (χ1n) is 6.35. The predicted octanol–water partition coefficient (Wildman–Crippen LogP) is 3.14. The van der Waals surface area contributed by atoms with E-state index in [0.717, 1.165) is 0 Å². The minimum Gasteiger partial charge on any atom is -0.454 e. The number of hydrogen-bond acceptors (Lipinski definition) is 5. The van der Waals surface area contributed by atoms with Crippen LogP contribution in [0, 0.1) is 0 Å². The minimum absolute atomic E-state index is 0.0730. The molecule has 120 valence electrons. The van der Waals surface area contributed by atoms with Crippen LogP contribution in [0.3, 0.4) is 0 Å². The Kier molecular flexibility index (Phi) is 4.47. The second-order valence-electron chi connectivity index (χ2n) is 4.53. The molecule has 0 bridgehead atoms. The van der Waals surface area contributed by atoms with Crippen LogP contribution in [0.15, 0.2) is 50.9 Å². The molecule has 3 rings (SSSR count). The van der Waals surface area contributed by atoms with Crippen molar-refractivity contribution in [2.45, 2.75) is 4.90 Å². The summed E-state index contributed by atoms with van der Waals surface area (Å²) in [6.45, 7) is 0.158. The smallest absolute Gasteiger partial charge is 0.276 e. The Bertz CT molecular complexity index is 869. The Morgan fingerprint density at radius 2 is 1.83 bits per heavy atom. The molecule has 0 saturated heterocycles. The van der Waals surface area contributed by atoms with E-state index in [4.69, 9.17) is 21.1 Å². The standard InChI is InChI=1S/C14H10BrClN2O4S/c15-12-6-14-13(21-8-22-14)5-9(12)7-17-18-23(19,20)11-3-1-10(16)2-4-11/h1-7,18H,8H2/b17-7-. The van der Waals surface area contributed by atoms with Gasteiger partial charge < -0.3 is 9.47 Å². The number of rotatable bonds is 4. The van der Waals surface area contributed by atoms with E-state index in [2.05, 4.69) is 25.9 Å². The van der Waals surface area contributed by atoms with E-state index < -0.39 is 10.0 Å². The zero-order chi connectivity index (χ0) is 16.4. The maximum atomic E-state index is 12.1. The number of benzene rings is 2. The van der Waals surface area contributed by atoms with Gasteiger partial charge in [0.15, 0.2) is 11.5 Å². The Hall–Kier alpha value is -1.77. The third-order valence-electron chi connectivity index (χ3n) is 2.99. The summed E-state index contributed by atoms with van der Waals surface area (Å²) in [5, 5.41) is 4.23. The third-order valence-corrected chi connectivity index (χ3v) is 5.17. The highest BCUT2D eigenvalue weighted by Crippen LogP contribution is 2.36. The summed E-state index contributed by atoms with van der Waals surface area (Å²) in [5.41, 5.74) is 0.646. The first-order chi connectivity index (χ1) is 11.0. The fourth-order valence-electron chi connectivity index (χ4n) is 1.86. The van der Waals surface area contributed by atoms with Gasteiger partial charge in [0, 0.05) is 15.1 Å². The molecule has 0 atom stereocenters. The van der Waals surface area contributed by atoms with E-state index in [1.807, 2.05) is 0 Å². The number of halogens is 2. The maximum Gasteiger partial charge on any atom is 0.276 e. The lowest BCUT2D eigenvalue weighted by Gasteiger charge is -2.04. The Morgan fingerprint density at radius 1 is 1.17 bits per heavy atom. The summed E-state index contributed by atoms with van der Waals surface area (Å²) in [6.07, 6.45) is 1.37. The Labute approximate surface area is 146 Å². The zero-order valence-corrected chi connectivity index (χ0v) is 14.7. The topological polar surface area (TPSA) is 77.0 Å². The van der Waals surface area contributed by atoms with Crippen molar-refractivity contribution >= 4 is 43.8 Å². The quantitative estimate of drug-likeness (QED) is 0.612. The molecule has 1 aliphatic rings. The molecule has 0 fully saturated rings. The molecule has 0 unspecified atom stereocenters. The molecule has 6 nitrogen and oxygen atoms in total. The van der Waals surface area contributed by atoms with Crippen molar-refractivity contribution in [3.63, 3.8) is 0 Å². The highest BCUT2D eigenvalue weighted by molar-refractivity contribution is 9.10. The second kappa shape index (κ2) is 6.38. The van der Waals surface area contributed by atoms with Crippen molar-refractivity contribution in [2.24, 2.45) is 5.10 Å². The van der Waals surface area contributed by atoms with Crippen molar-refractivity contribution in [1.29, 1.82) is 0 Å². The van der Waals surface area contributed by atoms with Crippen molar-refractivity contribution < 1.29 is 17.9 Å². The highest BCUT2D eigenvalue weighted by Gasteiger charge is 2.16. The number of hydrazone groups is 1. The predicted molar refractivity (Wildman–Crippen MR) is 89.6 cm³/mol. The van der Waals surface area contributed by atoms with Crippen molar-refractivity contribution in [2.75, 3.05) is 6.79 Å². The van der Waals surface area contributed by atoms with Gasteiger partial charge in [-0.1, -0.05) is 11.6 Å². The number of nitrogens with zero attached hydrogens (tertiary/aromatic N) is 1. The SMILES string of the molecule is O=S(=O)(N/N=C\c1cc2c(cc1Br)OCO2)c1ccc(Cl)cc1. The molecule has 23 heavy (non-hydrogen) atoms. The van der Waals surface area contributed by atoms with E-state index >= 15 is 0 Å². The summed E-state index contributed by atoms with van der Waals surface area (Å²) in [4.78, 5) is 2.22. The van der Waals surface area contributed by atoms with E-state index in [9.17, 15) is 8.42 Å². The zero-order valence-electron chi connectivity index (χ0n) is 11.5. The van der Waals surface area contributed by atoms with Crippen LogP contribution < -0.4 is 14.3 Å². The fraction of sp³-hybridized carbons (Fsp3) is 0.0714. The van der Waals surface area contributed by atoms with Crippen molar-refractivity contribution in [1.82, 2.24) is 4.83 Å². The van der Waals surface area contributed by atoms with Crippen LogP contribution in [0.1, 0.15) is 5.56 Å². The summed E-state index contributed by atoms with van der Waals surface area (Å²) in [6, 6.07) is 9.22. The number of fused-ring (bicyclic) bond motifs is 1. The molecule has 2 aromatic carbocycles. The number of nitrogens with one attached hydrogen (secondary N) is 1. The highest BCUT2D eigenvalue weighted by atomic mass is 79.9. The molecule has 0 amide bonds. The molecule has 0 spiro atoms. The Morgan fingerprint density at radius 3 is 2.52 bits per heavy atom. The van der Waals surface area contributed by atoms with Gasteiger partial charge in [-0.15, -0.1) is 0 Å². The monoisotopic (exact) mass is 416 g/mol. The van der Waals surface area contributed by atoms with Gasteiger partial charge in [-0.2, -0.15) is 13.5 Å². The molecular weight excluding hydrogens is 408 g/mol. The first-order valence-corrected chi connectivity index (χ1v) is 9.01. The average molecular weight is 418 g/mol. The molecule has 0 saturated carbocycles. The van der Waals surface area contributed by atoms with Gasteiger partial charge in [0.05, 0.1) is 11.1 Å². The number of ether oxygens (including phenoxy) is 2. The molecule has 1 aliphatic heterocycles. The summed E-state index contributed by atoms with van der Waals surface area (Å²) < 4.78 is 35.4. The maximum absolute atomic E-state index is 12.1. The molecule has 0 radical (unpaired) electrons. The lowest BCUT2D eigenvalue weighted by Crippen LogP contribution is -2.18. The Balaban J connectivity index is 1.77. The van der Waals surface area contributed by atoms with Crippen LogP contribution in [-0.4, -0.2) is 21.4 Å². The second-order valence-corrected chi connectivity index (χ2v) is 7.49. The van der Waals surface area contributed by atoms with Crippen LogP contribution in [-0.2, 0) is 10.0 Å². The largest absolute Gasteiger partial charge is 0.454 e. The van der Waals surface area contributed by atoms with Gasteiger partial charge in [-0.3, -0.25) is 0 Å². The van der Waals surface area contributed by atoms with Crippen molar-refractivity contribution in [3.05, 3.63) is 51.5 Å². The van der Waals surface area contributed by atoms with Gasteiger partial charge in [-0.25, -0.2) is 4.83 Å². The average Bonchev–Trinajstić information content (AvgIpc) is 2.95. The molecule has 1 heterocycles. The molecule has 1 N–H and O–H groups in total. The van der Waals surface area contributed by atoms with E-state index in [1.54, 1.807) is 12.1 Å². The van der Waals surface area contributed by atoms with E-state index in [1.165, 1.54) is 30.5 Å².